The van der Waals surface area contributed by atoms with E-state index in [1.807, 2.05) is 35.4 Å². The van der Waals surface area contributed by atoms with Crippen LogP contribution >= 0.6 is 0 Å². The Balaban J connectivity index is 1.17. The summed E-state index contributed by atoms with van der Waals surface area (Å²) in [6.45, 7) is 10.4. The number of hydrogen-bond donors (Lipinski definition) is 1. The van der Waals surface area contributed by atoms with E-state index < -0.39 is 0 Å². The fraction of sp³-hybridized carbons (Fsp3) is 0.375. The minimum atomic E-state index is 0.113. The van der Waals surface area contributed by atoms with Gasteiger partial charge in [-0.25, -0.2) is 4.98 Å². The topological polar surface area (TPSA) is 55.5 Å². The van der Waals surface area contributed by atoms with Crippen LogP contribution in [0.1, 0.15) is 51.5 Å². The number of aromatic nitrogens is 2. The average molecular weight is 508 g/mol. The Morgan fingerprint density at radius 3 is 2.29 bits per heavy atom. The van der Waals surface area contributed by atoms with Crippen LogP contribution in [0.25, 0.3) is 10.9 Å². The molecule has 0 radical (unpaired) electrons. The van der Waals surface area contributed by atoms with Crippen LogP contribution in [-0.4, -0.2) is 64.9 Å². The zero-order valence-electron chi connectivity index (χ0n) is 22.5. The maximum Gasteiger partial charge on any atom is 0.270 e. The van der Waals surface area contributed by atoms with Gasteiger partial charge in [0.1, 0.15) is 11.5 Å². The lowest BCUT2D eigenvalue weighted by Crippen LogP contribution is -2.49. The van der Waals surface area contributed by atoms with E-state index in [1.165, 1.54) is 16.5 Å². The van der Waals surface area contributed by atoms with E-state index in [1.54, 1.807) is 5.56 Å². The van der Waals surface area contributed by atoms with Gasteiger partial charge in [-0.15, -0.1) is 0 Å². The van der Waals surface area contributed by atoms with Crippen molar-refractivity contribution in [1.82, 2.24) is 19.8 Å². The van der Waals surface area contributed by atoms with Crippen LogP contribution in [0.4, 0.5) is 5.82 Å². The summed E-state index contributed by atoms with van der Waals surface area (Å²) in [5, 5.41) is 1.17. The predicted molar refractivity (Wildman–Crippen MR) is 154 cm³/mol. The number of anilines is 1. The number of nitrogens with one attached hydrogen (secondary N) is 1. The molecule has 2 aromatic heterocycles. The van der Waals surface area contributed by atoms with Crippen LogP contribution in [0.2, 0.25) is 0 Å². The van der Waals surface area contributed by atoms with E-state index in [4.69, 9.17) is 0 Å². The van der Waals surface area contributed by atoms with Gasteiger partial charge in [0, 0.05) is 55.4 Å². The highest BCUT2D eigenvalue weighted by molar-refractivity contribution is 6.01. The molecule has 2 aromatic carbocycles. The molecule has 4 heterocycles. The highest BCUT2D eigenvalue weighted by Crippen LogP contribution is 2.34. The number of amides is 1. The van der Waals surface area contributed by atoms with Crippen molar-refractivity contribution in [3.63, 3.8) is 0 Å². The zero-order valence-corrected chi connectivity index (χ0v) is 22.5. The number of rotatable bonds is 5. The number of H-pyrrole nitrogens is 1. The van der Waals surface area contributed by atoms with Crippen LogP contribution in [0, 0.1) is 13.8 Å². The largest absolute Gasteiger partial charge is 0.353 e. The molecular weight excluding hydrogens is 470 g/mol. The molecule has 0 aliphatic carbocycles. The smallest absolute Gasteiger partial charge is 0.270 e. The van der Waals surface area contributed by atoms with Crippen molar-refractivity contribution in [1.29, 1.82) is 0 Å². The summed E-state index contributed by atoms with van der Waals surface area (Å²) in [6, 6.07) is 21.0. The van der Waals surface area contributed by atoms with Crippen LogP contribution in [0.3, 0.4) is 0 Å². The number of para-hydroxylation sites is 1. The molecule has 6 heteroatoms. The van der Waals surface area contributed by atoms with Crippen LogP contribution in [0.5, 0.6) is 0 Å². The molecule has 2 aliphatic rings. The number of piperidine rings is 1. The first-order chi connectivity index (χ1) is 18.6. The van der Waals surface area contributed by atoms with Crippen molar-refractivity contribution in [3.05, 3.63) is 94.8 Å². The molecule has 0 atom stereocenters. The van der Waals surface area contributed by atoms with Gasteiger partial charge < -0.3 is 14.8 Å². The van der Waals surface area contributed by atoms with Gasteiger partial charge in [0.25, 0.3) is 5.91 Å². The number of aromatic amines is 1. The molecule has 6 nitrogen and oxygen atoms in total. The Morgan fingerprint density at radius 2 is 1.58 bits per heavy atom. The zero-order chi connectivity index (χ0) is 26.1. The SMILES string of the molecule is Cc1cccc(C)c1C1CCN(Cc2c(C(=O)N3CCN(c4ccccn4)CC3)[nH]c3ccccc23)CC1. The van der Waals surface area contributed by atoms with E-state index >= 15 is 0 Å². The third-order valence-electron chi connectivity index (χ3n) is 8.49. The molecule has 0 bridgehead atoms. The Morgan fingerprint density at radius 1 is 0.868 bits per heavy atom. The number of likely N-dealkylation sites (tertiary alicyclic amines) is 1. The third-order valence-corrected chi connectivity index (χ3v) is 8.49. The Hall–Kier alpha value is -3.64. The van der Waals surface area contributed by atoms with Gasteiger partial charge >= 0.3 is 0 Å². The number of hydrogen-bond acceptors (Lipinski definition) is 4. The number of aryl methyl sites for hydroxylation is 2. The summed E-state index contributed by atoms with van der Waals surface area (Å²) < 4.78 is 0. The van der Waals surface area contributed by atoms with E-state index in [0.717, 1.165) is 68.2 Å². The van der Waals surface area contributed by atoms with Crippen LogP contribution in [-0.2, 0) is 6.54 Å². The molecule has 6 rings (SSSR count). The molecule has 0 unspecified atom stereocenters. The second-order valence-corrected chi connectivity index (χ2v) is 10.8. The Labute approximate surface area is 225 Å². The second kappa shape index (κ2) is 10.6. The minimum absolute atomic E-state index is 0.113. The highest BCUT2D eigenvalue weighted by atomic mass is 16.2. The number of nitrogens with zero attached hydrogens (tertiary/aromatic N) is 4. The first kappa shape index (κ1) is 24.7. The summed E-state index contributed by atoms with van der Waals surface area (Å²) in [5.74, 6) is 1.71. The number of carbonyl (C=O) groups is 1. The molecule has 1 N–H and O–H groups in total. The third kappa shape index (κ3) is 4.81. The molecule has 2 fully saturated rings. The lowest BCUT2D eigenvalue weighted by molar-refractivity contribution is 0.0738. The fourth-order valence-corrected chi connectivity index (χ4v) is 6.46. The van der Waals surface area contributed by atoms with Gasteiger partial charge in [0.05, 0.1) is 0 Å². The molecule has 2 aliphatic heterocycles. The molecule has 4 aromatic rings. The number of carbonyl (C=O) groups excluding carboxylic acids is 1. The molecular formula is C32H37N5O. The van der Waals surface area contributed by atoms with Crippen molar-refractivity contribution in [3.8, 4) is 0 Å². The van der Waals surface area contributed by atoms with Gasteiger partial charge in [0.15, 0.2) is 0 Å². The molecule has 0 spiro atoms. The van der Waals surface area contributed by atoms with Gasteiger partial charge in [-0.05, 0) is 80.6 Å². The van der Waals surface area contributed by atoms with E-state index in [0.29, 0.717) is 19.0 Å². The number of piperazine rings is 1. The summed E-state index contributed by atoms with van der Waals surface area (Å²) in [7, 11) is 0. The van der Waals surface area contributed by atoms with Crippen molar-refractivity contribution in [2.45, 2.75) is 39.2 Å². The molecule has 38 heavy (non-hydrogen) atoms. The normalized spacial score (nSPS) is 17.3. The van der Waals surface area contributed by atoms with Gasteiger partial charge in [-0.1, -0.05) is 42.5 Å². The van der Waals surface area contributed by atoms with E-state index in [9.17, 15) is 4.79 Å². The summed E-state index contributed by atoms with van der Waals surface area (Å²) in [5.41, 5.74) is 7.31. The summed E-state index contributed by atoms with van der Waals surface area (Å²) in [6.07, 6.45) is 4.15. The molecule has 0 saturated carbocycles. The van der Waals surface area contributed by atoms with Crippen molar-refractivity contribution >= 4 is 22.6 Å². The van der Waals surface area contributed by atoms with Crippen molar-refractivity contribution < 1.29 is 4.79 Å². The van der Waals surface area contributed by atoms with Crippen LogP contribution in [0.15, 0.2) is 66.9 Å². The lowest BCUT2D eigenvalue weighted by Gasteiger charge is -2.36. The first-order valence-corrected chi connectivity index (χ1v) is 13.9. The fourth-order valence-electron chi connectivity index (χ4n) is 6.46. The minimum Gasteiger partial charge on any atom is -0.353 e. The molecule has 1 amide bonds. The second-order valence-electron chi connectivity index (χ2n) is 10.8. The molecule has 2 saturated heterocycles. The van der Waals surface area contributed by atoms with Gasteiger partial charge in [-0.3, -0.25) is 9.69 Å². The van der Waals surface area contributed by atoms with Gasteiger partial charge in [0.2, 0.25) is 0 Å². The first-order valence-electron chi connectivity index (χ1n) is 13.9. The quantitative estimate of drug-likeness (QED) is 0.386. The number of fused-ring (bicyclic) bond motifs is 1. The standard InChI is InChI=1S/C32H37N5O/c1-23-8-7-9-24(2)30(23)25-13-16-35(17-14-25)22-27-26-10-3-4-11-28(26)34-31(27)32(38)37-20-18-36(19-21-37)29-12-5-6-15-33-29/h3-12,15,25,34H,13-14,16-22H2,1-2H3. The monoisotopic (exact) mass is 507 g/mol. The summed E-state index contributed by atoms with van der Waals surface area (Å²) >= 11 is 0. The highest BCUT2D eigenvalue weighted by Gasteiger charge is 2.29. The molecule has 196 valence electrons. The number of benzene rings is 2. The maximum absolute atomic E-state index is 13.8. The average Bonchev–Trinajstić information content (AvgIpc) is 3.32. The number of pyridine rings is 1. The lowest BCUT2D eigenvalue weighted by atomic mass is 9.84. The Kier molecular flexibility index (Phi) is 6.90. The summed E-state index contributed by atoms with van der Waals surface area (Å²) in [4.78, 5) is 28.6. The van der Waals surface area contributed by atoms with Gasteiger partial charge in [-0.2, -0.15) is 0 Å². The maximum atomic E-state index is 13.8. The predicted octanol–water partition coefficient (Wildman–Crippen LogP) is 5.52. The Bertz CT molecular complexity index is 1390. The van der Waals surface area contributed by atoms with Crippen molar-refractivity contribution in [2.75, 3.05) is 44.2 Å². The van der Waals surface area contributed by atoms with E-state index in [2.05, 4.69) is 70.0 Å². The van der Waals surface area contributed by atoms with Crippen molar-refractivity contribution in [2.24, 2.45) is 0 Å². The van der Waals surface area contributed by atoms with Crippen LogP contribution < -0.4 is 4.90 Å². The van der Waals surface area contributed by atoms with E-state index in [-0.39, 0.29) is 5.91 Å².